The number of carbonyl (C=O) groups is 1. The van der Waals surface area contributed by atoms with Gasteiger partial charge in [0.1, 0.15) is 6.61 Å². The Morgan fingerprint density at radius 1 is 1.24 bits per heavy atom. The van der Waals surface area contributed by atoms with E-state index in [4.69, 9.17) is 4.74 Å². The second-order valence-corrected chi connectivity index (χ2v) is 7.39. The molecule has 0 radical (unpaired) electrons. The molecule has 0 saturated carbocycles. The van der Waals surface area contributed by atoms with Gasteiger partial charge in [-0.25, -0.2) is 4.39 Å². The minimum absolute atomic E-state index is 0.0282. The van der Waals surface area contributed by atoms with Gasteiger partial charge in [0.25, 0.3) is 0 Å². The smallest absolute Gasteiger partial charge is 0.233 e. The second-order valence-electron chi connectivity index (χ2n) is 6.08. The van der Waals surface area contributed by atoms with Crippen molar-refractivity contribution in [3.05, 3.63) is 78.9 Å². The summed E-state index contributed by atoms with van der Waals surface area (Å²) in [5.74, 6) is 0.0733. The van der Waals surface area contributed by atoms with Crippen molar-refractivity contribution in [2.24, 2.45) is 0 Å². The molecule has 1 aromatic heterocycles. The lowest BCUT2D eigenvalue weighted by atomic mass is 10.3. The molecule has 0 bridgehead atoms. The van der Waals surface area contributed by atoms with Crippen molar-refractivity contribution in [2.45, 2.75) is 23.9 Å². The lowest BCUT2D eigenvalue weighted by Crippen LogP contribution is -2.31. The minimum Gasteiger partial charge on any atom is -0.483 e. The standard InChI is InChI=1S/C21H21FN4O2S/c1-3-13-23-20(27)15(2)29-21-25-24-19(26(21)16-9-5-4-6-10-16)14-28-18-12-8-7-11-17(18)22/h3-12,15H,1,13-14H2,2H3,(H,23,27). The predicted octanol–water partition coefficient (Wildman–Crippen LogP) is 3.77. The molecule has 0 spiro atoms. The van der Waals surface area contributed by atoms with Crippen LogP contribution < -0.4 is 10.1 Å². The van der Waals surface area contributed by atoms with E-state index in [0.29, 0.717) is 17.5 Å². The van der Waals surface area contributed by atoms with E-state index >= 15 is 0 Å². The van der Waals surface area contributed by atoms with Gasteiger partial charge in [-0.05, 0) is 31.2 Å². The molecule has 0 fully saturated rings. The zero-order valence-corrected chi connectivity index (χ0v) is 16.7. The van der Waals surface area contributed by atoms with Crippen LogP contribution in [0, 0.1) is 5.82 Å². The number of nitrogens with one attached hydrogen (secondary N) is 1. The summed E-state index contributed by atoms with van der Waals surface area (Å²) >= 11 is 1.28. The van der Waals surface area contributed by atoms with Gasteiger partial charge in [0, 0.05) is 12.2 Å². The number of nitrogens with zero attached hydrogens (tertiary/aromatic N) is 3. The molecule has 1 heterocycles. The van der Waals surface area contributed by atoms with E-state index in [0.717, 1.165) is 5.69 Å². The lowest BCUT2D eigenvalue weighted by molar-refractivity contribution is -0.120. The average Bonchev–Trinajstić information content (AvgIpc) is 3.14. The van der Waals surface area contributed by atoms with Gasteiger partial charge in [-0.3, -0.25) is 9.36 Å². The number of hydrogen-bond donors (Lipinski definition) is 1. The van der Waals surface area contributed by atoms with Crippen LogP contribution in [-0.2, 0) is 11.4 Å². The molecule has 29 heavy (non-hydrogen) atoms. The second kappa shape index (κ2) is 9.88. The Labute approximate surface area is 172 Å². The Morgan fingerprint density at radius 3 is 2.69 bits per heavy atom. The average molecular weight is 412 g/mol. The van der Waals surface area contributed by atoms with E-state index in [1.54, 1.807) is 31.2 Å². The number of benzene rings is 2. The summed E-state index contributed by atoms with van der Waals surface area (Å²) in [7, 11) is 0. The van der Waals surface area contributed by atoms with Crippen molar-refractivity contribution in [1.29, 1.82) is 0 Å². The van der Waals surface area contributed by atoms with Crippen LogP contribution >= 0.6 is 11.8 Å². The molecule has 0 aliphatic heterocycles. The van der Waals surface area contributed by atoms with Gasteiger partial charge in [0.15, 0.2) is 22.5 Å². The van der Waals surface area contributed by atoms with Crippen LogP contribution in [-0.4, -0.2) is 32.5 Å². The van der Waals surface area contributed by atoms with Crippen LogP contribution in [0.25, 0.3) is 5.69 Å². The highest BCUT2D eigenvalue weighted by molar-refractivity contribution is 8.00. The summed E-state index contributed by atoms with van der Waals surface area (Å²) < 4.78 is 21.3. The van der Waals surface area contributed by atoms with Gasteiger partial charge < -0.3 is 10.1 Å². The van der Waals surface area contributed by atoms with Gasteiger partial charge >= 0.3 is 0 Å². The fraction of sp³-hybridized carbons (Fsp3) is 0.190. The maximum absolute atomic E-state index is 13.9. The monoisotopic (exact) mass is 412 g/mol. The van der Waals surface area contributed by atoms with Crippen LogP contribution in [0.1, 0.15) is 12.7 Å². The molecule has 2 aromatic carbocycles. The van der Waals surface area contributed by atoms with E-state index < -0.39 is 5.82 Å². The number of para-hydroxylation sites is 2. The number of amides is 1. The molecule has 6 nitrogen and oxygen atoms in total. The Bertz CT molecular complexity index is 978. The Morgan fingerprint density at radius 2 is 1.97 bits per heavy atom. The molecule has 8 heteroatoms. The first-order valence-electron chi connectivity index (χ1n) is 9.02. The zero-order chi connectivity index (χ0) is 20.6. The number of carbonyl (C=O) groups excluding carboxylic acids is 1. The van der Waals surface area contributed by atoms with Gasteiger partial charge in [-0.2, -0.15) is 0 Å². The van der Waals surface area contributed by atoms with E-state index in [1.807, 2.05) is 34.9 Å². The summed E-state index contributed by atoms with van der Waals surface area (Å²) in [6.07, 6.45) is 1.62. The summed E-state index contributed by atoms with van der Waals surface area (Å²) in [5.41, 5.74) is 0.825. The number of aromatic nitrogens is 3. The first-order valence-corrected chi connectivity index (χ1v) is 9.90. The summed E-state index contributed by atoms with van der Waals surface area (Å²) in [4.78, 5) is 12.2. The topological polar surface area (TPSA) is 69.0 Å². The maximum Gasteiger partial charge on any atom is 0.233 e. The Balaban J connectivity index is 1.84. The third-order valence-corrected chi connectivity index (χ3v) is 5.02. The highest BCUT2D eigenvalue weighted by Crippen LogP contribution is 2.26. The van der Waals surface area contributed by atoms with E-state index in [1.165, 1.54) is 17.8 Å². The third-order valence-electron chi connectivity index (χ3n) is 3.98. The highest BCUT2D eigenvalue weighted by Gasteiger charge is 2.21. The fourth-order valence-electron chi connectivity index (χ4n) is 2.54. The fourth-order valence-corrected chi connectivity index (χ4v) is 3.45. The highest BCUT2D eigenvalue weighted by atomic mass is 32.2. The Kier molecular flexibility index (Phi) is 7.02. The Hall–Kier alpha value is -3.13. The normalized spacial score (nSPS) is 11.7. The number of thioether (sulfide) groups is 1. The van der Waals surface area contributed by atoms with Crippen LogP contribution in [0.2, 0.25) is 0 Å². The van der Waals surface area contributed by atoms with Gasteiger partial charge in [0.05, 0.1) is 5.25 Å². The zero-order valence-electron chi connectivity index (χ0n) is 15.9. The molecule has 1 amide bonds. The first-order chi connectivity index (χ1) is 14.1. The number of hydrogen-bond acceptors (Lipinski definition) is 5. The van der Waals surface area contributed by atoms with Crippen molar-refractivity contribution in [3.63, 3.8) is 0 Å². The summed E-state index contributed by atoms with van der Waals surface area (Å²) in [6.45, 7) is 5.82. The number of halogens is 1. The molecule has 1 unspecified atom stereocenters. The predicted molar refractivity (Wildman–Crippen MR) is 111 cm³/mol. The minimum atomic E-state index is -0.444. The molecule has 0 saturated heterocycles. The molecule has 1 atom stereocenters. The summed E-state index contributed by atoms with van der Waals surface area (Å²) in [5, 5.41) is 11.4. The van der Waals surface area contributed by atoms with Crippen LogP contribution in [0.4, 0.5) is 4.39 Å². The van der Waals surface area contributed by atoms with Gasteiger partial charge in [0.2, 0.25) is 5.91 Å². The van der Waals surface area contributed by atoms with Crippen LogP contribution in [0.15, 0.2) is 72.4 Å². The van der Waals surface area contributed by atoms with Gasteiger partial charge in [-0.1, -0.05) is 48.2 Å². The van der Waals surface area contributed by atoms with E-state index in [2.05, 4.69) is 22.1 Å². The quantitative estimate of drug-likeness (QED) is 0.428. The van der Waals surface area contributed by atoms with Crippen molar-refractivity contribution in [1.82, 2.24) is 20.1 Å². The van der Waals surface area contributed by atoms with Crippen molar-refractivity contribution >= 4 is 17.7 Å². The van der Waals surface area contributed by atoms with Crippen molar-refractivity contribution in [3.8, 4) is 11.4 Å². The summed E-state index contributed by atoms with van der Waals surface area (Å²) in [6, 6.07) is 15.7. The van der Waals surface area contributed by atoms with Gasteiger partial charge in [-0.15, -0.1) is 16.8 Å². The molecule has 1 N–H and O–H groups in total. The maximum atomic E-state index is 13.9. The lowest BCUT2D eigenvalue weighted by Gasteiger charge is -2.14. The molecular formula is C21H21FN4O2S. The largest absolute Gasteiger partial charge is 0.483 e. The van der Waals surface area contributed by atoms with Crippen LogP contribution in [0.3, 0.4) is 0 Å². The molecule has 0 aliphatic carbocycles. The molecule has 0 aliphatic rings. The number of rotatable bonds is 9. The molecule has 3 rings (SSSR count). The van der Waals surface area contributed by atoms with Crippen molar-refractivity contribution in [2.75, 3.05) is 6.54 Å². The van der Waals surface area contributed by atoms with E-state index in [-0.39, 0.29) is 23.5 Å². The molecular weight excluding hydrogens is 391 g/mol. The SMILES string of the molecule is C=CCNC(=O)C(C)Sc1nnc(COc2ccccc2F)n1-c1ccccc1. The number of ether oxygens (including phenoxy) is 1. The molecule has 3 aromatic rings. The first kappa shape index (κ1) is 20.6. The van der Waals surface area contributed by atoms with E-state index in [9.17, 15) is 9.18 Å². The third kappa shape index (κ3) is 5.23. The van der Waals surface area contributed by atoms with Crippen molar-refractivity contribution < 1.29 is 13.9 Å². The molecule has 150 valence electrons. The van der Waals surface area contributed by atoms with Crippen LogP contribution in [0.5, 0.6) is 5.75 Å².